The van der Waals surface area contributed by atoms with Gasteiger partial charge in [0.2, 0.25) is 11.8 Å². The molecule has 1 aromatic heterocycles. The molecule has 0 atom stereocenters. The number of nitrogen functional groups attached to an aromatic ring is 1. The van der Waals surface area contributed by atoms with Crippen molar-refractivity contribution in [2.75, 3.05) is 42.8 Å². The highest BCUT2D eigenvalue weighted by molar-refractivity contribution is 5.94. The number of methoxy groups -OCH3 is 1. The minimum absolute atomic E-state index is 0.0499. The van der Waals surface area contributed by atoms with Gasteiger partial charge in [-0.15, -0.1) is 0 Å². The molecule has 0 radical (unpaired) electrons. The van der Waals surface area contributed by atoms with Gasteiger partial charge in [0.25, 0.3) is 5.56 Å². The standard InChI is InChI=1S/C21H30N6O5/c1-3-4-10-27-18(22)17(20(30)25-21(27)31)26(12-13-32-2)11-9-16(28)24-15-7-5-14(6-8-15)19(23)29/h5-8H,3-4,9-13,22H2,1-2H3,(H2,23,29)(H,24,28)(H,25,30,31). The minimum Gasteiger partial charge on any atom is -0.383 e. The van der Waals surface area contributed by atoms with Crippen LogP contribution in [0, 0.1) is 0 Å². The van der Waals surface area contributed by atoms with E-state index in [2.05, 4.69) is 10.3 Å². The Morgan fingerprint density at radius 1 is 1.19 bits per heavy atom. The van der Waals surface area contributed by atoms with Gasteiger partial charge in [-0.3, -0.25) is 23.9 Å². The van der Waals surface area contributed by atoms with Crippen LogP contribution >= 0.6 is 0 Å². The number of primary amides is 1. The van der Waals surface area contributed by atoms with Crippen LogP contribution in [0.2, 0.25) is 0 Å². The first kappa shape index (κ1) is 24.7. The topological polar surface area (TPSA) is 166 Å². The fourth-order valence-corrected chi connectivity index (χ4v) is 3.14. The van der Waals surface area contributed by atoms with Crippen LogP contribution < -0.4 is 32.9 Å². The van der Waals surface area contributed by atoms with Crippen molar-refractivity contribution in [2.45, 2.75) is 32.7 Å². The van der Waals surface area contributed by atoms with Crippen molar-refractivity contribution in [1.82, 2.24) is 9.55 Å². The molecule has 32 heavy (non-hydrogen) atoms. The average molecular weight is 447 g/mol. The zero-order chi connectivity index (χ0) is 23.7. The molecule has 174 valence electrons. The lowest BCUT2D eigenvalue weighted by Gasteiger charge is -2.25. The first-order chi connectivity index (χ1) is 15.3. The molecule has 0 fully saturated rings. The molecule has 0 aliphatic heterocycles. The summed E-state index contributed by atoms with van der Waals surface area (Å²) in [4.78, 5) is 52.3. The maximum absolute atomic E-state index is 12.5. The van der Waals surface area contributed by atoms with Crippen LogP contribution in [0.25, 0.3) is 0 Å². The highest BCUT2D eigenvalue weighted by Gasteiger charge is 2.19. The maximum Gasteiger partial charge on any atom is 0.330 e. The van der Waals surface area contributed by atoms with Crippen molar-refractivity contribution < 1.29 is 14.3 Å². The Hall–Kier alpha value is -3.60. The lowest BCUT2D eigenvalue weighted by Crippen LogP contribution is -2.40. The van der Waals surface area contributed by atoms with Crippen molar-refractivity contribution in [3.05, 3.63) is 50.7 Å². The normalized spacial score (nSPS) is 10.7. The second-order valence-electron chi connectivity index (χ2n) is 7.22. The highest BCUT2D eigenvalue weighted by Crippen LogP contribution is 2.18. The number of unbranched alkanes of at least 4 members (excludes halogenated alkanes) is 1. The summed E-state index contributed by atoms with van der Waals surface area (Å²) in [6, 6.07) is 6.19. The van der Waals surface area contributed by atoms with E-state index < -0.39 is 17.2 Å². The number of aromatic nitrogens is 2. The molecule has 0 aliphatic rings. The largest absolute Gasteiger partial charge is 0.383 e. The quantitative estimate of drug-likeness (QED) is 0.368. The van der Waals surface area contributed by atoms with Crippen LogP contribution in [0.5, 0.6) is 0 Å². The number of nitrogens with two attached hydrogens (primary N) is 2. The first-order valence-corrected chi connectivity index (χ1v) is 10.3. The zero-order valence-corrected chi connectivity index (χ0v) is 18.3. The number of rotatable bonds is 12. The smallest absolute Gasteiger partial charge is 0.330 e. The molecule has 6 N–H and O–H groups in total. The van der Waals surface area contributed by atoms with Crippen molar-refractivity contribution in [3.8, 4) is 0 Å². The predicted molar refractivity (Wildman–Crippen MR) is 123 cm³/mol. The van der Waals surface area contributed by atoms with Gasteiger partial charge >= 0.3 is 5.69 Å². The Balaban J connectivity index is 2.18. The molecule has 1 aromatic carbocycles. The van der Waals surface area contributed by atoms with Crippen LogP contribution in [-0.2, 0) is 16.1 Å². The van der Waals surface area contributed by atoms with E-state index in [1.807, 2.05) is 6.92 Å². The van der Waals surface area contributed by atoms with E-state index in [0.29, 0.717) is 30.9 Å². The SMILES string of the molecule is CCCCn1c(N)c(N(CCOC)CCC(=O)Nc2ccc(C(N)=O)cc2)c(=O)[nH]c1=O. The number of nitrogens with zero attached hydrogens (tertiary/aromatic N) is 2. The molecule has 2 aromatic rings. The Kier molecular flexibility index (Phi) is 9.02. The van der Waals surface area contributed by atoms with Gasteiger partial charge in [-0.1, -0.05) is 13.3 Å². The van der Waals surface area contributed by atoms with Gasteiger partial charge < -0.3 is 26.4 Å². The minimum atomic E-state index is -0.612. The molecule has 0 saturated heterocycles. The number of benzene rings is 1. The molecule has 0 saturated carbocycles. The molecule has 2 rings (SSSR count). The van der Waals surface area contributed by atoms with E-state index in [9.17, 15) is 19.2 Å². The summed E-state index contributed by atoms with van der Waals surface area (Å²) in [5, 5.41) is 2.73. The maximum atomic E-state index is 12.5. The average Bonchev–Trinajstić information content (AvgIpc) is 2.75. The van der Waals surface area contributed by atoms with Crippen LogP contribution in [-0.4, -0.2) is 48.2 Å². The zero-order valence-electron chi connectivity index (χ0n) is 18.3. The number of carbonyl (C=O) groups is 2. The van der Waals surface area contributed by atoms with Crippen molar-refractivity contribution in [1.29, 1.82) is 0 Å². The van der Waals surface area contributed by atoms with Gasteiger partial charge in [0.05, 0.1) is 6.61 Å². The Labute approximate surface area is 185 Å². The third kappa shape index (κ3) is 6.45. The molecule has 0 unspecified atom stereocenters. The van der Waals surface area contributed by atoms with Gasteiger partial charge in [0.15, 0.2) is 0 Å². The van der Waals surface area contributed by atoms with E-state index >= 15 is 0 Å². The number of carbonyl (C=O) groups excluding carboxylic acids is 2. The predicted octanol–water partition coefficient (Wildman–Crippen LogP) is 0.499. The van der Waals surface area contributed by atoms with E-state index in [4.69, 9.17) is 16.2 Å². The summed E-state index contributed by atoms with van der Waals surface area (Å²) in [7, 11) is 1.52. The molecular weight excluding hydrogens is 416 g/mol. The van der Waals surface area contributed by atoms with Gasteiger partial charge in [0, 0.05) is 44.4 Å². The van der Waals surface area contributed by atoms with Crippen LogP contribution in [0.3, 0.4) is 0 Å². The summed E-state index contributed by atoms with van der Waals surface area (Å²) >= 11 is 0. The number of amides is 2. The van der Waals surface area contributed by atoms with Crippen molar-refractivity contribution in [2.24, 2.45) is 5.73 Å². The molecule has 2 amide bonds. The summed E-state index contributed by atoms with van der Waals surface area (Å²) < 4.78 is 6.46. The van der Waals surface area contributed by atoms with E-state index in [1.54, 1.807) is 17.0 Å². The highest BCUT2D eigenvalue weighted by atomic mass is 16.5. The van der Waals surface area contributed by atoms with Gasteiger partial charge in [-0.25, -0.2) is 4.79 Å². The van der Waals surface area contributed by atoms with E-state index in [0.717, 1.165) is 12.8 Å². The van der Waals surface area contributed by atoms with Crippen LogP contribution in [0.4, 0.5) is 17.2 Å². The van der Waals surface area contributed by atoms with Crippen molar-refractivity contribution >= 4 is 29.0 Å². The molecule has 0 spiro atoms. The number of anilines is 3. The number of hydrogen-bond acceptors (Lipinski definition) is 7. The summed E-state index contributed by atoms with van der Waals surface area (Å²) in [6.07, 6.45) is 1.63. The second-order valence-corrected chi connectivity index (χ2v) is 7.22. The number of ether oxygens (including phenoxy) is 1. The lowest BCUT2D eigenvalue weighted by atomic mass is 10.2. The number of hydrogen-bond donors (Lipinski definition) is 4. The second kappa shape index (κ2) is 11.7. The first-order valence-electron chi connectivity index (χ1n) is 10.3. The van der Waals surface area contributed by atoms with Gasteiger partial charge in [-0.05, 0) is 30.7 Å². The van der Waals surface area contributed by atoms with Gasteiger partial charge in [-0.2, -0.15) is 0 Å². The molecule has 1 heterocycles. The number of H-pyrrole nitrogens is 1. The molecular formula is C21H30N6O5. The Morgan fingerprint density at radius 2 is 1.88 bits per heavy atom. The lowest BCUT2D eigenvalue weighted by molar-refractivity contribution is -0.116. The summed E-state index contributed by atoms with van der Waals surface area (Å²) in [5.41, 5.74) is 11.2. The number of aromatic amines is 1. The third-order valence-electron chi connectivity index (χ3n) is 4.89. The fourth-order valence-electron chi connectivity index (χ4n) is 3.14. The fraction of sp³-hybridized carbons (Fsp3) is 0.429. The summed E-state index contributed by atoms with van der Waals surface area (Å²) in [6.45, 7) is 3.14. The molecule has 11 nitrogen and oxygen atoms in total. The van der Waals surface area contributed by atoms with Crippen LogP contribution in [0.1, 0.15) is 36.5 Å². The van der Waals surface area contributed by atoms with E-state index in [1.165, 1.54) is 23.8 Å². The number of nitrogens with one attached hydrogen (secondary N) is 2. The molecule has 0 bridgehead atoms. The Bertz CT molecular complexity index is 1040. The van der Waals surface area contributed by atoms with E-state index in [-0.39, 0.29) is 30.4 Å². The summed E-state index contributed by atoms with van der Waals surface area (Å²) in [5.74, 6) is -0.793. The molecule has 0 aliphatic carbocycles. The van der Waals surface area contributed by atoms with Crippen molar-refractivity contribution in [3.63, 3.8) is 0 Å². The third-order valence-corrected chi connectivity index (χ3v) is 4.89. The monoisotopic (exact) mass is 446 g/mol. The van der Waals surface area contributed by atoms with Gasteiger partial charge in [0.1, 0.15) is 11.5 Å². The van der Waals surface area contributed by atoms with Crippen LogP contribution in [0.15, 0.2) is 33.9 Å². The Morgan fingerprint density at radius 3 is 2.47 bits per heavy atom. The molecule has 11 heteroatoms.